The van der Waals surface area contributed by atoms with E-state index in [1.54, 1.807) is 7.11 Å². The van der Waals surface area contributed by atoms with Gasteiger partial charge in [-0.25, -0.2) is 0 Å². The third-order valence-electron chi connectivity index (χ3n) is 2.49. The molecule has 18 heavy (non-hydrogen) atoms. The number of benzene rings is 1. The summed E-state index contributed by atoms with van der Waals surface area (Å²) in [6, 6.07) is 7.79. The largest absolute Gasteiger partial charge is 0.497 e. The van der Waals surface area contributed by atoms with Gasteiger partial charge in [-0.05, 0) is 54.9 Å². The summed E-state index contributed by atoms with van der Waals surface area (Å²) in [7, 11) is 1.65. The molecule has 1 rings (SSSR count). The third kappa shape index (κ3) is 4.71. The summed E-state index contributed by atoms with van der Waals surface area (Å²) < 4.78 is 5.13. The van der Waals surface area contributed by atoms with Crippen molar-refractivity contribution >= 4 is 23.0 Å². The highest BCUT2D eigenvalue weighted by atomic mass is 32.1. The lowest BCUT2D eigenvalue weighted by Gasteiger charge is -2.08. The van der Waals surface area contributed by atoms with Crippen LogP contribution < -0.4 is 15.9 Å². The minimum Gasteiger partial charge on any atom is -0.497 e. The van der Waals surface area contributed by atoms with E-state index in [-0.39, 0.29) is 5.11 Å². The predicted molar refractivity (Wildman–Crippen MR) is 79.0 cm³/mol. The Labute approximate surface area is 113 Å². The van der Waals surface area contributed by atoms with Gasteiger partial charge in [0.15, 0.2) is 5.11 Å². The van der Waals surface area contributed by atoms with Crippen LogP contribution in [0.1, 0.15) is 31.7 Å². The van der Waals surface area contributed by atoms with Crippen molar-refractivity contribution < 1.29 is 4.74 Å². The summed E-state index contributed by atoms with van der Waals surface area (Å²) in [5.41, 5.74) is 10.0. The first-order valence-corrected chi connectivity index (χ1v) is 6.34. The Morgan fingerprint density at radius 3 is 2.56 bits per heavy atom. The Morgan fingerprint density at radius 2 is 2.06 bits per heavy atom. The molecule has 0 amide bonds. The van der Waals surface area contributed by atoms with Crippen LogP contribution in [0.15, 0.2) is 29.4 Å². The molecule has 0 aliphatic carbocycles. The number of rotatable bonds is 6. The van der Waals surface area contributed by atoms with Crippen molar-refractivity contribution in [3.8, 4) is 5.75 Å². The first kappa shape index (κ1) is 14.4. The SMILES string of the molecule is CCCCC(=NNC(N)=S)c1ccc(OC)cc1. The smallest absolute Gasteiger partial charge is 0.184 e. The number of thiocarbonyl (C=S) groups is 1. The molecule has 0 saturated heterocycles. The van der Waals surface area contributed by atoms with Crippen LogP contribution in [0.5, 0.6) is 5.75 Å². The zero-order valence-electron chi connectivity index (χ0n) is 10.8. The van der Waals surface area contributed by atoms with E-state index in [1.165, 1.54) is 0 Å². The van der Waals surface area contributed by atoms with Crippen LogP contribution in [0, 0.1) is 0 Å². The molecule has 0 aliphatic heterocycles. The molecule has 1 aromatic carbocycles. The topological polar surface area (TPSA) is 59.6 Å². The highest BCUT2D eigenvalue weighted by Crippen LogP contribution is 2.14. The lowest BCUT2D eigenvalue weighted by atomic mass is 10.0. The average molecular weight is 265 g/mol. The van der Waals surface area contributed by atoms with Gasteiger partial charge in [0.2, 0.25) is 0 Å². The summed E-state index contributed by atoms with van der Waals surface area (Å²) in [5, 5.41) is 4.42. The van der Waals surface area contributed by atoms with Gasteiger partial charge in [0.25, 0.3) is 0 Å². The molecule has 0 bridgehead atoms. The number of nitrogens with zero attached hydrogens (tertiary/aromatic N) is 1. The summed E-state index contributed by atoms with van der Waals surface area (Å²) in [5.74, 6) is 0.830. The molecule has 4 nitrogen and oxygen atoms in total. The predicted octanol–water partition coefficient (Wildman–Crippen LogP) is 2.42. The fourth-order valence-corrected chi connectivity index (χ4v) is 1.56. The fourth-order valence-electron chi connectivity index (χ4n) is 1.51. The number of nitrogens with one attached hydrogen (secondary N) is 1. The summed E-state index contributed by atoms with van der Waals surface area (Å²) in [6.07, 6.45) is 3.07. The van der Waals surface area contributed by atoms with E-state index in [0.29, 0.717) is 0 Å². The number of hydrogen-bond donors (Lipinski definition) is 2. The first-order chi connectivity index (χ1) is 8.67. The molecule has 0 saturated carbocycles. The van der Waals surface area contributed by atoms with Crippen LogP contribution in [0.2, 0.25) is 0 Å². The van der Waals surface area contributed by atoms with Gasteiger partial charge >= 0.3 is 0 Å². The second-order valence-corrected chi connectivity index (χ2v) is 4.31. The van der Waals surface area contributed by atoms with Gasteiger partial charge in [0.05, 0.1) is 12.8 Å². The van der Waals surface area contributed by atoms with Gasteiger partial charge < -0.3 is 10.5 Å². The van der Waals surface area contributed by atoms with E-state index in [9.17, 15) is 0 Å². The third-order valence-corrected chi connectivity index (χ3v) is 2.58. The molecule has 0 fully saturated rings. The molecule has 0 aliphatic rings. The van der Waals surface area contributed by atoms with Crippen molar-refractivity contribution in [2.75, 3.05) is 7.11 Å². The van der Waals surface area contributed by atoms with E-state index >= 15 is 0 Å². The number of ether oxygens (including phenoxy) is 1. The van der Waals surface area contributed by atoms with Gasteiger partial charge in [-0.2, -0.15) is 5.10 Å². The monoisotopic (exact) mass is 265 g/mol. The van der Waals surface area contributed by atoms with E-state index < -0.39 is 0 Å². The van der Waals surface area contributed by atoms with Crippen LogP contribution in [0.4, 0.5) is 0 Å². The zero-order chi connectivity index (χ0) is 13.4. The summed E-state index contributed by atoms with van der Waals surface area (Å²) in [6.45, 7) is 2.15. The van der Waals surface area contributed by atoms with Crippen LogP contribution in [-0.4, -0.2) is 17.9 Å². The molecule has 0 radical (unpaired) electrons. The molecule has 3 N–H and O–H groups in total. The van der Waals surface area contributed by atoms with Crippen molar-refractivity contribution in [3.63, 3.8) is 0 Å². The Bertz CT molecular complexity index is 415. The lowest BCUT2D eigenvalue weighted by molar-refractivity contribution is 0.415. The van der Waals surface area contributed by atoms with Crippen molar-refractivity contribution in [3.05, 3.63) is 29.8 Å². The number of hydrazone groups is 1. The Balaban J connectivity index is 2.86. The Hall–Kier alpha value is -1.62. The van der Waals surface area contributed by atoms with Gasteiger partial charge in [0, 0.05) is 0 Å². The van der Waals surface area contributed by atoms with E-state index in [1.807, 2.05) is 24.3 Å². The number of nitrogens with two attached hydrogens (primary N) is 1. The molecule has 98 valence electrons. The van der Waals surface area contributed by atoms with Crippen molar-refractivity contribution in [1.29, 1.82) is 0 Å². The highest BCUT2D eigenvalue weighted by Gasteiger charge is 2.04. The van der Waals surface area contributed by atoms with Crippen molar-refractivity contribution in [1.82, 2.24) is 5.43 Å². The summed E-state index contributed by atoms with van der Waals surface area (Å²) in [4.78, 5) is 0. The van der Waals surface area contributed by atoms with Gasteiger partial charge in [-0.15, -0.1) is 0 Å². The first-order valence-electron chi connectivity index (χ1n) is 5.93. The highest BCUT2D eigenvalue weighted by molar-refractivity contribution is 7.80. The van der Waals surface area contributed by atoms with Crippen LogP contribution in [0.25, 0.3) is 0 Å². The number of unbranched alkanes of at least 4 members (excludes halogenated alkanes) is 1. The van der Waals surface area contributed by atoms with E-state index in [4.69, 9.17) is 22.7 Å². The zero-order valence-corrected chi connectivity index (χ0v) is 11.6. The van der Waals surface area contributed by atoms with E-state index in [0.717, 1.165) is 36.3 Å². The molecular weight excluding hydrogens is 246 g/mol. The number of hydrogen-bond acceptors (Lipinski definition) is 3. The van der Waals surface area contributed by atoms with Crippen molar-refractivity contribution in [2.45, 2.75) is 26.2 Å². The van der Waals surface area contributed by atoms with Gasteiger partial charge in [0.1, 0.15) is 5.75 Å². The van der Waals surface area contributed by atoms with Crippen molar-refractivity contribution in [2.24, 2.45) is 10.8 Å². The minimum absolute atomic E-state index is 0.178. The molecule has 0 aromatic heterocycles. The average Bonchev–Trinajstić information content (AvgIpc) is 2.39. The maximum Gasteiger partial charge on any atom is 0.184 e. The van der Waals surface area contributed by atoms with E-state index in [2.05, 4.69) is 17.5 Å². The lowest BCUT2D eigenvalue weighted by Crippen LogP contribution is -2.25. The Morgan fingerprint density at radius 1 is 1.39 bits per heavy atom. The normalized spacial score (nSPS) is 11.1. The van der Waals surface area contributed by atoms with Crippen LogP contribution >= 0.6 is 12.2 Å². The minimum atomic E-state index is 0.178. The standard InChI is InChI=1S/C13H19N3OS/c1-3-4-5-12(15-16-13(14)18)10-6-8-11(17-2)9-7-10/h6-9H,3-5H2,1-2H3,(H3,14,16,18). The van der Waals surface area contributed by atoms with Gasteiger partial charge in [-0.1, -0.05) is 13.3 Å². The van der Waals surface area contributed by atoms with Crippen LogP contribution in [0.3, 0.4) is 0 Å². The maximum atomic E-state index is 5.39. The summed E-state index contributed by atoms with van der Waals surface area (Å²) >= 11 is 4.76. The maximum absolute atomic E-state index is 5.39. The Kier molecular flexibility index (Phi) is 6.14. The molecule has 0 unspecified atom stereocenters. The van der Waals surface area contributed by atoms with Crippen LogP contribution in [-0.2, 0) is 0 Å². The fraction of sp³-hybridized carbons (Fsp3) is 0.385. The molecular formula is C13H19N3OS. The molecule has 0 heterocycles. The second-order valence-electron chi connectivity index (χ2n) is 3.87. The molecule has 1 aromatic rings. The van der Waals surface area contributed by atoms with Gasteiger partial charge in [-0.3, -0.25) is 5.43 Å². The molecule has 5 heteroatoms. The molecule has 0 spiro atoms. The molecule has 0 atom stereocenters. The second kappa shape index (κ2) is 7.66. The quantitative estimate of drug-likeness (QED) is 0.471. The number of methoxy groups -OCH3 is 1.